The average molecular weight is 167 g/mol. The third-order valence-corrected chi connectivity index (χ3v) is 2.50. The van der Waals surface area contributed by atoms with Gasteiger partial charge >= 0.3 is 0 Å². The molecule has 0 atom stereocenters. The van der Waals surface area contributed by atoms with Crippen molar-refractivity contribution in [2.24, 2.45) is 4.99 Å². The smallest absolute Gasteiger partial charge is 0.0385 e. The minimum absolute atomic E-state index is 1.07. The van der Waals surface area contributed by atoms with E-state index in [1.54, 1.807) is 0 Å². The molecule has 12 heavy (non-hydrogen) atoms. The van der Waals surface area contributed by atoms with Crippen LogP contribution in [-0.4, -0.2) is 12.8 Å². The van der Waals surface area contributed by atoms with E-state index in [9.17, 15) is 0 Å². The lowest BCUT2D eigenvalue weighted by Gasteiger charge is -2.02. The molecule has 1 rings (SSSR count). The van der Waals surface area contributed by atoms with Crippen LogP contribution in [0.15, 0.2) is 4.99 Å². The molecule has 0 spiro atoms. The lowest BCUT2D eigenvalue weighted by molar-refractivity contribution is 0.570. The Bertz CT molecular complexity index is 104. The first-order valence-corrected chi connectivity index (χ1v) is 5.48. The highest BCUT2D eigenvalue weighted by Crippen LogP contribution is 2.10. The van der Waals surface area contributed by atoms with Crippen LogP contribution in [0.25, 0.3) is 0 Å². The van der Waals surface area contributed by atoms with Gasteiger partial charge < -0.3 is 0 Å². The van der Waals surface area contributed by atoms with E-state index < -0.39 is 0 Å². The quantitative estimate of drug-likeness (QED) is 0.523. The fraction of sp³-hybridized carbons (Fsp3) is 0.909. The van der Waals surface area contributed by atoms with Gasteiger partial charge in [-0.2, -0.15) is 0 Å². The van der Waals surface area contributed by atoms with Crippen LogP contribution in [0, 0.1) is 0 Å². The molecule has 0 aliphatic carbocycles. The SMILES string of the molecule is C1=NCCCCCCCCCC1. The molecule has 1 aliphatic rings. The highest BCUT2D eigenvalue weighted by Gasteiger charge is 1.93. The summed E-state index contributed by atoms with van der Waals surface area (Å²) in [5.41, 5.74) is 0. The third kappa shape index (κ3) is 5.34. The van der Waals surface area contributed by atoms with E-state index in [1.807, 2.05) is 0 Å². The van der Waals surface area contributed by atoms with Gasteiger partial charge in [0, 0.05) is 6.54 Å². The maximum atomic E-state index is 4.38. The molecule has 0 bridgehead atoms. The maximum absolute atomic E-state index is 4.38. The van der Waals surface area contributed by atoms with Crippen molar-refractivity contribution in [2.45, 2.75) is 57.8 Å². The molecule has 1 heterocycles. The lowest BCUT2D eigenvalue weighted by Crippen LogP contribution is -1.88. The summed E-state index contributed by atoms with van der Waals surface area (Å²) < 4.78 is 0. The zero-order valence-electron chi connectivity index (χ0n) is 8.10. The van der Waals surface area contributed by atoms with Gasteiger partial charge in [0.1, 0.15) is 0 Å². The van der Waals surface area contributed by atoms with Gasteiger partial charge in [-0.3, -0.25) is 4.99 Å². The Morgan fingerprint density at radius 2 is 1.25 bits per heavy atom. The molecule has 1 heteroatoms. The summed E-state index contributed by atoms with van der Waals surface area (Å²) in [5.74, 6) is 0. The second kappa shape index (κ2) is 7.33. The summed E-state index contributed by atoms with van der Waals surface area (Å²) in [6.45, 7) is 1.07. The molecule has 0 saturated carbocycles. The van der Waals surface area contributed by atoms with Crippen LogP contribution in [0.4, 0.5) is 0 Å². The standard InChI is InChI=1S/C11H21N/c1-2-4-6-8-10-12-11-9-7-5-3-1/h10H,1-9,11H2. The summed E-state index contributed by atoms with van der Waals surface area (Å²) >= 11 is 0. The molecule has 0 aromatic rings. The predicted molar refractivity (Wildman–Crippen MR) is 54.9 cm³/mol. The van der Waals surface area contributed by atoms with Gasteiger partial charge in [-0.05, 0) is 25.5 Å². The molecule has 1 nitrogen and oxygen atoms in total. The fourth-order valence-electron chi connectivity index (χ4n) is 1.68. The molecule has 0 saturated heterocycles. The summed E-state index contributed by atoms with van der Waals surface area (Å²) in [6, 6.07) is 0. The van der Waals surface area contributed by atoms with E-state index in [0.717, 1.165) is 6.54 Å². The topological polar surface area (TPSA) is 12.4 Å². The van der Waals surface area contributed by atoms with Gasteiger partial charge in [0.05, 0.1) is 0 Å². The molecule has 0 aromatic heterocycles. The van der Waals surface area contributed by atoms with Crippen LogP contribution in [0.5, 0.6) is 0 Å². The Hall–Kier alpha value is -0.330. The van der Waals surface area contributed by atoms with Crippen molar-refractivity contribution in [3.63, 3.8) is 0 Å². The average Bonchev–Trinajstić information content (AvgIpc) is 2.05. The van der Waals surface area contributed by atoms with Crippen molar-refractivity contribution in [1.82, 2.24) is 0 Å². The predicted octanol–water partition coefficient (Wildman–Crippen LogP) is 3.58. The summed E-state index contributed by atoms with van der Waals surface area (Å²) in [7, 11) is 0. The van der Waals surface area contributed by atoms with Crippen LogP contribution >= 0.6 is 0 Å². The first-order chi connectivity index (χ1) is 6.00. The molecule has 0 radical (unpaired) electrons. The monoisotopic (exact) mass is 167 g/mol. The van der Waals surface area contributed by atoms with Crippen LogP contribution in [0.3, 0.4) is 0 Å². The van der Waals surface area contributed by atoms with Crippen LogP contribution < -0.4 is 0 Å². The molecule has 0 aromatic carbocycles. The van der Waals surface area contributed by atoms with Crippen molar-refractivity contribution >= 4 is 6.21 Å². The maximum Gasteiger partial charge on any atom is 0.0385 e. The fourth-order valence-corrected chi connectivity index (χ4v) is 1.68. The Morgan fingerprint density at radius 3 is 2.00 bits per heavy atom. The highest BCUT2D eigenvalue weighted by atomic mass is 14.7. The second-order valence-corrected chi connectivity index (χ2v) is 3.71. The van der Waals surface area contributed by atoms with Crippen LogP contribution in [-0.2, 0) is 0 Å². The van der Waals surface area contributed by atoms with Gasteiger partial charge in [-0.15, -0.1) is 0 Å². The molecule has 1 aliphatic heterocycles. The number of hydrogen-bond acceptors (Lipinski definition) is 1. The zero-order valence-corrected chi connectivity index (χ0v) is 8.10. The van der Waals surface area contributed by atoms with Gasteiger partial charge in [0.15, 0.2) is 0 Å². The molecule has 70 valence electrons. The molecule has 0 unspecified atom stereocenters. The van der Waals surface area contributed by atoms with Gasteiger partial charge in [0.25, 0.3) is 0 Å². The number of rotatable bonds is 0. The first-order valence-electron chi connectivity index (χ1n) is 5.48. The van der Waals surface area contributed by atoms with Crippen molar-refractivity contribution in [3.05, 3.63) is 0 Å². The lowest BCUT2D eigenvalue weighted by atomic mass is 10.1. The number of aliphatic imine (C=N–C) groups is 1. The summed E-state index contributed by atoms with van der Waals surface area (Å²) in [6.07, 6.45) is 14.6. The van der Waals surface area contributed by atoms with E-state index in [4.69, 9.17) is 0 Å². The van der Waals surface area contributed by atoms with Crippen molar-refractivity contribution < 1.29 is 0 Å². The van der Waals surface area contributed by atoms with Gasteiger partial charge in [-0.1, -0.05) is 38.5 Å². The molecular formula is C11H21N. The van der Waals surface area contributed by atoms with E-state index >= 15 is 0 Å². The van der Waals surface area contributed by atoms with Gasteiger partial charge in [-0.25, -0.2) is 0 Å². The zero-order chi connectivity index (χ0) is 8.49. The number of hydrogen-bond donors (Lipinski definition) is 0. The highest BCUT2D eigenvalue weighted by molar-refractivity contribution is 5.56. The van der Waals surface area contributed by atoms with Crippen LogP contribution in [0.2, 0.25) is 0 Å². The second-order valence-electron chi connectivity index (χ2n) is 3.71. The van der Waals surface area contributed by atoms with E-state index in [1.165, 1.54) is 57.8 Å². The minimum atomic E-state index is 1.07. The Balaban J connectivity index is 2.10. The van der Waals surface area contributed by atoms with Gasteiger partial charge in [0.2, 0.25) is 0 Å². The third-order valence-electron chi connectivity index (χ3n) is 2.50. The van der Waals surface area contributed by atoms with E-state index in [-0.39, 0.29) is 0 Å². The largest absolute Gasteiger partial charge is 0.298 e. The van der Waals surface area contributed by atoms with Crippen molar-refractivity contribution in [2.75, 3.05) is 6.54 Å². The molecule has 0 fully saturated rings. The molecular weight excluding hydrogens is 146 g/mol. The summed E-state index contributed by atoms with van der Waals surface area (Å²) in [5, 5.41) is 0. The van der Waals surface area contributed by atoms with E-state index in [2.05, 4.69) is 11.2 Å². The first kappa shape index (κ1) is 9.76. The normalized spacial score (nSPS) is 22.7. The van der Waals surface area contributed by atoms with Crippen molar-refractivity contribution in [1.29, 1.82) is 0 Å². The Morgan fingerprint density at radius 1 is 0.667 bits per heavy atom. The Labute approximate surface area is 76.3 Å². The number of nitrogens with zero attached hydrogens (tertiary/aromatic N) is 1. The summed E-state index contributed by atoms with van der Waals surface area (Å²) in [4.78, 5) is 4.38. The Kier molecular flexibility index (Phi) is 5.96. The molecule has 0 N–H and O–H groups in total. The van der Waals surface area contributed by atoms with Crippen LogP contribution in [0.1, 0.15) is 57.8 Å². The van der Waals surface area contributed by atoms with E-state index in [0.29, 0.717) is 0 Å². The van der Waals surface area contributed by atoms with Crippen molar-refractivity contribution in [3.8, 4) is 0 Å². The molecule has 0 amide bonds. The minimum Gasteiger partial charge on any atom is -0.298 e.